The van der Waals surface area contributed by atoms with Crippen LogP contribution < -0.4 is 10.6 Å². The Balaban J connectivity index is 0.000000330. The monoisotopic (exact) mass is 474 g/mol. The summed E-state index contributed by atoms with van der Waals surface area (Å²) in [6.45, 7) is 2.22. The zero-order valence-electron chi connectivity index (χ0n) is 16.3. The molecule has 0 atom stereocenters. The summed E-state index contributed by atoms with van der Waals surface area (Å²) in [5, 5.41) is 4.17. The highest BCUT2D eigenvalue weighted by Crippen LogP contribution is 2.37. The summed E-state index contributed by atoms with van der Waals surface area (Å²) < 4.78 is 111. The molecule has 0 aliphatic rings. The molecule has 4 nitrogen and oxygen atoms in total. The van der Waals surface area contributed by atoms with Crippen molar-refractivity contribution in [2.75, 3.05) is 10.6 Å². The molecular weight excluding hydrogens is 459 g/mol. The van der Waals surface area contributed by atoms with Crippen molar-refractivity contribution in [3.63, 3.8) is 0 Å². The molecule has 2 rings (SSSR count). The van der Waals surface area contributed by atoms with Gasteiger partial charge in [-0.15, -0.1) is 0 Å². The predicted molar refractivity (Wildman–Crippen MR) is 96.5 cm³/mol. The van der Waals surface area contributed by atoms with E-state index in [0.717, 1.165) is 19.1 Å². The molecule has 32 heavy (non-hydrogen) atoms. The Morgan fingerprint density at radius 2 is 0.969 bits per heavy atom. The first-order valence-electron chi connectivity index (χ1n) is 8.41. The van der Waals surface area contributed by atoms with Crippen LogP contribution in [-0.4, -0.2) is 11.8 Å². The SMILES string of the molecule is CC(=O)Nc1cc(C(F)(F)F)cc(C(F)(F)F)c1.CC(=O)Nc1cccc(C(F)(F)F)c1. The number of hydrogen-bond donors (Lipinski definition) is 2. The van der Waals surface area contributed by atoms with Gasteiger partial charge in [0, 0.05) is 25.2 Å². The molecule has 0 unspecified atom stereocenters. The molecule has 2 N–H and O–H groups in total. The van der Waals surface area contributed by atoms with Crippen molar-refractivity contribution < 1.29 is 49.1 Å². The third-order valence-corrected chi connectivity index (χ3v) is 3.42. The Labute approximate surface area is 175 Å². The zero-order chi connectivity index (χ0) is 24.9. The van der Waals surface area contributed by atoms with E-state index in [4.69, 9.17) is 0 Å². The Hall–Kier alpha value is -3.25. The molecule has 0 bridgehead atoms. The van der Waals surface area contributed by atoms with E-state index in [9.17, 15) is 49.1 Å². The average molecular weight is 474 g/mol. The number of hydrogen-bond acceptors (Lipinski definition) is 2. The lowest BCUT2D eigenvalue weighted by Gasteiger charge is -2.14. The number of amides is 2. The summed E-state index contributed by atoms with van der Waals surface area (Å²) >= 11 is 0. The Kier molecular flexibility index (Phi) is 8.30. The van der Waals surface area contributed by atoms with Gasteiger partial charge in [0.2, 0.25) is 11.8 Å². The van der Waals surface area contributed by atoms with Crippen molar-refractivity contribution in [1.29, 1.82) is 0 Å². The molecule has 0 aliphatic carbocycles. The van der Waals surface area contributed by atoms with Gasteiger partial charge in [-0.25, -0.2) is 0 Å². The number of benzene rings is 2. The van der Waals surface area contributed by atoms with Gasteiger partial charge < -0.3 is 10.6 Å². The van der Waals surface area contributed by atoms with Crippen LogP contribution in [0.4, 0.5) is 50.9 Å². The summed E-state index contributed by atoms with van der Waals surface area (Å²) in [5.74, 6) is -1.16. The van der Waals surface area contributed by atoms with E-state index in [0.29, 0.717) is 12.1 Å². The van der Waals surface area contributed by atoms with Crippen LogP contribution in [0.2, 0.25) is 0 Å². The zero-order valence-corrected chi connectivity index (χ0v) is 16.3. The number of anilines is 2. The average Bonchev–Trinajstić information content (AvgIpc) is 2.59. The van der Waals surface area contributed by atoms with Gasteiger partial charge in [0.15, 0.2) is 0 Å². The molecular formula is C19H15F9N2O2. The molecule has 0 aliphatic heterocycles. The van der Waals surface area contributed by atoms with E-state index in [1.165, 1.54) is 19.1 Å². The number of alkyl halides is 9. The van der Waals surface area contributed by atoms with Crippen LogP contribution in [0.5, 0.6) is 0 Å². The van der Waals surface area contributed by atoms with Gasteiger partial charge in [0.25, 0.3) is 0 Å². The minimum Gasteiger partial charge on any atom is -0.326 e. The van der Waals surface area contributed by atoms with Crippen LogP contribution >= 0.6 is 0 Å². The molecule has 0 aromatic heterocycles. The first-order chi connectivity index (χ1) is 14.4. The molecule has 2 aromatic carbocycles. The predicted octanol–water partition coefficient (Wildman–Crippen LogP) is 6.35. The number of carbonyl (C=O) groups is 2. The molecule has 2 amide bonds. The maximum absolute atomic E-state index is 12.4. The van der Waals surface area contributed by atoms with E-state index >= 15 is 0 Å². The summed E-state index contributed by atoms with van der Waals surface area (Å²) in [6, 6.07) is 5.36. The maximum Gasteiger partial charge on any atom is 0.416 e. The third kappa shape index (κ3) is 8.86. The highest BCUT2D eigenvalue weighted by atomic mass is 19.4. The molecule has 0 fully saturated rings. The summed E-state index contributed by atoms with van der Waals surface area (Å²) in [4.78, 5) is 21.2. The molecule has 0 saturated carbocycles. The Bertz CT molecular complexity index is 932. The van der Waals surface area contributed by atoms with Gasteiger partial charge in [-0.2, -0.15) is 39.5 Å². The standard InChI is InChI=1S/C10H7F6NO.C9H8F3NO/c1-5(18)17-8-3-6(9(11,12)13)2-7(4-8)10(14,15)16;1-6(14)13-8-4-2-3-7(5-8)9(10,11)12/h2-4H,1H3,(H,17,18);2-5H,1H3,(H,13,14). The summed E-state index contributed by atoms with van der Waals surface area (Å²) in [5.41, 5.74) is -4.12. The van der Waals surface area contributed by atoms with E-state index in [1.807, 2.05) is 5.32 Å². The van der Waals surface area contributed by atoms with E-state index in [-0.39, 0.29) is 11.8 Å². The molecule has 13 heteroatoms. The first-order valence-corrected chi connectivity index (χ1v) is 8.41. The number of nitrogens with one attached hydrogen (secondary N) is 2. The minimum absolute atomic E-state index is 0.00861. The van der Waals surface area contributed by atoms with Crippen molar-refractivity contribution in [3.05, 3.63) is 59.2 Å². The van der Waals surface area contributed by atoms with Gasteiger partial charge in [0.1, 0.15) is 0 Å². The maximum atomic E-state index is 12.4. The normalized spacial score (nSPS) is 11.8. The van der Waals surface area contributed by atoms with Gasteiger partial charge in [-0.05, 0) is 36.4 Å². The second-order valence-corrected chi connectivity index (χ2v) is 6.24. The van der Waals surface area contributed by atoms with E-state index in [1.54, 1.807) is 0 Å². The number of carbonyl (C=O) groups excluding carboxylic acids is 2. The molecule has 0 heterocycles. The summed E-state index contributed by atoms with van der Waals surface area (Å²) in [7, 11) is 0. The van der Waals surface area contributed by atoms with Crippen LogP contribution in [0.3, 0.4) is 0 Å². The molecule has 176 valence electrons. The van der Waals surface area contributed by atoms with Gasteiger partial charge in [-0.3, -0.25) is 9.59 Å². The van der Waals surface area contributed by atoms with Crippen LogP contribution in [0.15, 0.2) is 42.5 Å². The van der Waals surface area contributed by atoms with Crippen LogP contribution in [-0.2, 0) is 28.1 Å². The molecule has 2 aromatic rings. The lowest BCUT2D eigenvalue weighted by molar-refractivity contribution is -0.143. The lowest BCUT2D eigenvalue weighted by Crippen LogP contribution is -2.13. The van der Waals surface area contributed by atoms with Crippen molar-refractivity contribution >= 4 is 23.2 Å². The largest absolute Gasteiger partial charge is 0.416 e. The van der Waals surface area contributed by atoms with E-state index in [2.05, 4.69) is 5.32 Å². The number of halogens is 9. The molecule has 0 spiro atoms. The third-order valence-electron chi connectivity index (χ3n) is 3.42. The fourth-order valence-corrected chi connectivity index (χ4v) is 2.21. The minimum atomic E-state index is -4.92. The van der Waals surface area contributed by atoms with Crippen molar-refractivity contribution in [1.82, 2.24) is 0 Å². The van der Waals surface area contributed by atoms with E-state index < -0.39 is 52.7 Å². The lowest BCUT2D eigenvalue weighted by atomic mass is 10.1. The van der Waals surface area contributed by atoms with Gasteiger partial charge in [-0.1, -0.05) is 6.07 Å². The quantitative estimate of drug-likeness (QED) is 0.499. The molecule has 0 radical (unpaired) electrons. The van der Waals surface area contributed by atoms with Gasteiger partial charge >= 0.3 is 18.5 Å². The van der Waals surface area contributed by atoms with Crippen molar-refractivity contribution in [2.24, 2.45) is 0 Å². The fourth-order valence-electron chi connectivity index (χ4n) is 2.21. The fraction of sp³-hybridized carbons (Fsp3) is 0.263. The smallest absolute Gasteiger partial charge is 0.326 e. The van der Waals surface area contributed by atoms with Crippen LogP contribution in [0.1, 0.15) is 30.5 Å². The first kappa shape index (κ1) is 26.8. The Morgan fingerprint density at radius 3 is 1.34 bits per heavy atom. The Morgan fingerprint density at radius 1 is 0.594 bits per heavy atom. The molecule has 0 saturated heterocycles. The van der Waals surface area contributed by atoms with Gasteiger partial charge in [0.05, 0.1) is 16.7 Å². The second kappa shape index (κ2) is 9.92. The van der Waals surface area contributed by atoms with Crippen molar-refractivity contribution in [3.8, 4) is 0 Å². The van der Waals surface area contributed by atoms with Crippen LogP contribution in [0.25, 0.3) is 0 Å². The highest BCUT2D eigenvalue weighted by molar-refractivity contribution is 5.89. The topological polar surface area (TPSA) is 58.2 Å². The van der Waals surface area contributed by atoms with Crippen LogP contribution in [0, 0.1) is 0 Å². The van der Waals surface area contributed by atoms with Crippen molar-refractivity contribution in [2.45, 2.75) is 32.4 Å². The highest BCUT2D eigenvalue weighted by Gasteiger charge is 2.37. The number of rotatable bonds is 2. The summed E-state index contributed by atoms with van der Waals surface area (Å²) in [6.07, 6.45) is -14.2. The second-order valence-electron chi connectivity index (χ2n) is 6.24.